The van der Waals surface area contributed by atoms with Crippen LogP contribution < -0.4 is 5.32 Å². The van der Waals surface area contributed by atoms with Crippen LogP contribution in [0.4, 0.5) is 5.00 Å². The van der Waals surface area contributed by atoms with Crippen molar-refractivity contribution in [3.05, 3.63) is 51.9 Å². The Balaban J connectivity index is 1.39. The summed E-state index contributed by atoms with van der Waals surface area (Å²) in [6.45, 7) is 2.05. The number of hydrogen-bond donors (Lipinski definition) is 1. The Morgan fingerprint density at radius 3 is 2.88 bits per heavy atom. The minimum absolute atomic E-state index is 0.159. The summed E-state index contributed by atoms with van der Waals surface area (Å²) in [6, 6.07) is 10.1. The lowest BCUT2D eigenvalue weighted by molar-refractivity contribution is -0.113. The van der Waals surface area contributed by atoms with Crippen LogP contribution in [0, 0.1) is 6.92 Å². The molecule has 0 bridgehead atoms. The second-order valence-electron chi connectivity index (χ2n) is 7.76. The molecule has 1 aliphatic rings. The Morgan fingerprint density at radius 2 is 2.03 bits per heavy atom. The molecule has 0 saturated heterocycles. The minimum atomic E-state index is -0.391. The summed E-state index contributed by atoms with van der Waals surface area (Å²) in [5.74, 6) is -0.420. The van der Waals surface area contributed by atoms with Gasteiger partial charge < -0.3 is 10.1 Å². The van der Waals surface area contributed by atoms with Gasteiger partial charge in [-0.25, -0.2) is 4.79 Å². The molecular formula is C23H22N4O3S2. The van der Waals surface area contributed by atoms with E-state index in [1.54, 1.807) is 0 Å². The summed E-state index contributed by atoms with van der Waals surface area (Å²) < 4.78 is 6.97. The number of pyridine rings is 1. The monoisotopic (exact) mass is 466 g/mol. The zero-order valence-corrected chi connectivity index (χ0v) is 19.4. The fourth-order valence-corrected chi connectivity index (χ4v) is 6.28. The van der Waals surface area contributed by atoms with Crippen molar-refractivity contribution >= 4 is 56.5 Å². The van der Waals surface area contributed by atoms with Crippen LogP contribution in [0.5, 0.6) is 0 Å². The molecule has 0 saturated carbocycles. The van der Waals surface area contributed by atoms with Gasteiger partial charge in [-0.05, 0) is 55.9 Å². The standard InChI is InChI=1S/C23H22N4O3S2/c1-13-11-18-25-26-23(27(18)16-9-5-3-7-14(13)16)31-12-19(28)24-21-20(22(29)30-2)15-8-4-6-10-17(15)32-21/h3,5,7,9,11H,4,6,8,10,12H2,1-2H3,(H,24,28). The molecule has 5 rings (SSSR count). The SMILES string of the molecule is COC(=O)c1c(NC(=O)CSc2nnc3cc(C)c4ccccc4n23)sc2c1CCCC2. The Hall–Kier alpha value is -2.91. The van der Waals surface area contributed by atoms with E-state index in [9.17, 15) is 9.59 Å². The minimum Gasteiger partial charge on any atom is -0.465 e. The van der Waals surface area contributed by atoms with Crippen LogP contribution in [0.2, 0.25) is 0 Å². The Kier molecular flexibility index (Phi) is 5.60. The van der Waals surface area contributed by atoms with Gasteiger partial charge in [-0.2, -0.15) is 0 Å². The van der Waals surface area contributed by atoms with Gasteiger partial charge in [-0.1, -0.05) is 30.0 Å². The Morgan fingerprint density at radius 1 is 1.22 bits per heavy atom. The molecule has 1 aliphatic carbocycles. The average Bonchev–Trinajstić information content (AvgIpc) is 3.38. The molecular weight excluding hydrogens is 444 g/mol. The fraction of sp³-hybridized carbons (Fsp3) is 0.304. The molecule has 3 aromatic heterocycles. The molecule has 164 valence electrons. The first kappa shape index (κ1) is 21.0. The molecule has 1 N–H and O–H groups in total. The largest absolute Gasteiger partial charge is 0.465 e. The highest BCUT2D eigenvalue weighted by atomic mass is 32.2. The van der Waals surface area contributed by atoms with Crippen LogP contribution in [-0.4, -0.2) is 39.3 Å². The third-order valence-corrected chi connectivity index (χ3v) is 7.86. The molecule has 4 aromatic rings. The molecule has 0 spiro atoms. The average molecular weight is 467 g/mol. The topological polar surface area (TPSA) is 85.6 Å². The van der Waals surface area contributed by atoms with Crippen LogP contribution in [0.1, 0.15) is 39.2 Å². The maximum atomic E-state index is 12.8. The van der Waals surface area contributed by atoms with Crippen LogP contribution in [0.25, 0.3) is 16.6 Å². The molecule has 1 aromatic carbocycles. The first-order valence-corrected chi connectivity index (χ1v) is 12.3. The quantitative estimate of drug-likeness (QED) is 0.340. The number of esters is 1. The van der Waals surface area contributed by atoms with Crippen LogP contribution in [-0.2, 0) is 22.4 Å². The summed E-state index contributed by atoms with van der Waals surface area (Å²) in [7, 11) is 1.37. The third-order valence-electron chi connectivity index (χ3n) is 5.72. The number of aryl methyl sites for hydroxylation is 2. The number of nitrogens with one attached hydrogen (secondary N) is 1. The first-order valence-electron chi connectivity index (χ1n) is 10.5. The van der Waals surface area contributed by atoms with Crippen molar-refractivity contribution in [1.82, 2.24) is 14.6 Å². The number of rotatable bonds is 5. The van der Waals surface area contributed by atoms with Crippen LogP contribution in [0.3, 0.4) is 0 Å². The fourth-order valence-electron chi connectivity index (χ4n) is 4.23. The number of hydrogen-bond acceptors (Lipinski definition) is 7. The second-order valence-corrected chi connectivity index (χ2v) is 9.81. The lowest BCUT2D eigenvalue weighted by Gasteiger charge is -2.11. The van der Waals surface area contributed by atoms with Gasteiger partial charge in [-0.15, -0.1) is 21.5 Å². The van der Waals surface area contributed by atoms with E-state index in [2.05, 4.69) is 28.5 Å². The Bertz CT molecular complexity index is 1360. The van der Waals surface area contributed by atoms with Crippen LogP contribution >= 0.6 is 23.1 Å². The highest BCUT2D eigenvalue weighted by Gasteiger charge is 2.27. The molecule has 0 aliphatic heterocycles. The lowest BCUT2D eigenvalue weighted by atomic mass is 9.95. The van der Waals surface area contributed by atoms with E-state index < -0.39 is 5.97 Å². The maximum absolute atomic E-state index is 12.8. The van der Waals surface area contributed by atoms with E-state index in [4.69, 9.17) is 4.74 Å². The summed E-state index contributed by atoms with van der Waals surface area (Å²) in [4.78, 5) is 26.4. The maximum Gasteiger partial charge on any atom is 0.341 e. The number of thioether (sulfide) groups is 1. The molecule has 0 unspecified atom stereocenters. The van der Waals surface area contributed by atoms with E-state index in [1.807, 2.05) is 28.7 Å². The number of nitrogens with zero attached hydrogens (tertiary/aromatic N) is 3. The normalized spacial score (nSPS) is 13.3. The van der Waals surface area contributed by atoms with Crippen molar-refractivity contribution in [3.8, 4) is 0 Å². The summed E-state index contributed by atoms with van der Waals surface area (Å²) >= 11 is 2.81. The lowest BCUT2D eigenvalue weighted by Crippen LogP contribution is -2.16. The number of anilines is 1. The predicted octanol–water partition coefficient (Wildman–Crippen LogP) is 4.65. The number of carbonyl (C=O) groups is 2. The smallest absolute Gasteiger partial charge is 0.341 e. The molecule has 3 heterocycles. The van der Waals surface area contributed by atoms with Gasteiger partial charge in [0.1, 0.15) is 5.00 Å². The highest BCUT2D eigenvalue weighted by molar-refractivity contribution is 7.99. The number of benzene rings is 1. The number of thiophene rings is 1. The van der Waals surface area contributed by atoms with E-state index in [0.29, 0.717) is 15.7 Å². The molecule has 7 nitrogen and oxygen atoms in total. The van der Waals surface area contributed by atoms with Crippen molar-refractivity contribution in [1.29, 1.82) is 0 Å². The molecule has 1 amide bonds. The van der Waals surface area contributed by atoms with Crippen molar-refractivity contribution in [2.24, 2.45) is 0 Å². The first-order chi connectivity index (χ1) is 15.6. The van der Waals surface area contributed by atoms with Crippen LogP contribution in [0.15, 0.2) is 35.5 Å². The predicted molar refractivity (Wildman–Crippen MR) is 127 cm³/mol. The van der Waals surface area contributed by atoms with Gasteiger partial charge in [0, 0.05) is 10.3 Å². The number of amides is 1. The van der Waals surface area contributed by atoms with Gasteiger partial charge in [0.2, 0.25) is 5.91 Å². The summed E-state index contributed by atoms with van der Waals surface area (Å²) in [6.07, 6.45) is 3.93. The van der Waals surface area contributed by atoms with Crippen molar-refractivity contribution < 1.29 is 14.3 Å². The van der Waals surface area contributed by atoms with E-state index >= 15 is 0 Å². The number of ether oxygens (including phenoxy) is 1. The van der Waals surface area contributed by atoms with Crippen molar-refractivity contribution in [2.45, 2.75) is 37.8 Å². The molecule has 0 fully saturated rings. The number of aromatic nitrogens is 3. The van der Waals surface area contributed by atoms with Gasteiger partial charge in [0.15, 0.2) is 10.8 Å². The van der Waals surface area contributed by atoms with Gasteiger partial charge >= 0.3 is 5.97 Å². The second kappa shape index (κ2) is 8.55. The van der Waals surface area contributed by atoms with Crippen molar-refractivity contribution in [3.63, 3.8) is 0 Å². The van der Waals surface area contributed by atoms with Gasteiger partial charge in [0.25, 0.3) is 0 Å². The summed E-state index contributed by atoms with van der Waals surface area (Å²) in [5, 5.41) is 13.9. The van der Waals surface area contributed by atoms with Crippen molar-refractivity contribution in [2.75, 3.05) is 18.2 Å². The zero-order valence-electron chi connectivity index (χ0n) is 17.8. The van der Waals surface area contributed by atoms with E-state index in [1.165, 1.54) is 35.1 Å². The third kappa shape index (κ3) is 3.65. The molecule has 0 atom stereocenters. The Labute approximate surface area is 193 Å². The molecule has 0 radical (unpaired) electrons. The number of para-hydroxylation sites is 1. The highest BCUT2D eigenvalue weighted by Crippen LogP contribution is 2.38. The number of methoxy groups -OCH3 is 1. The van der Waals surface area contributed by atoms with Gasteiger partial charge in [-0.3, -0.25) is 9.20 Å². The number of carbonyl (C=O) groups excluding carboxylic acids is 2. The summed E-state index contributed by atoms with van der Waals surface area (Å²) in [5.41, 5.74) is 4.44. The zero-order chi connectivity index (χ0) is 22.2. The van der Waals surface area contributed by atoms with E-state index in [-0.39, 0.29) is 11.7 Å². The van der Waals surface area contributed by atoms with Gasteiger partial charge in [0.05, 0.1) is 23.9 Å². The molecule has 9 heteroatoms. The van der Waals surface area contributed by atoms with E-state index in [0.717, 1.165) is 53.4 Å². The molecule has 32 heavy (non-hydrogen) atoms. The number of fused-ring (bicyclic) bond motifs is 4.